The summed E-state index contributed by atoms with van der Waals surface area (Å²) < 4.78 is 31.8. The Morgan fingerprint density at radius 1 is 1.29 bits per heavy atom. The first-order valence-corrected chi connectivity index (χ1v) is 6.08. The van der Waals surface area contributed by atoms with Crippen molar-refractivity contribution in [3.8, 4) is 0 Å². The molecule has 2 aliphatic carbocycles. The normalized spacial score (nSPS) is 38.0. The predicted molar refractivity (Wildman–Crippen MR) is 44.6 cm³/mol. The molecule has 0 aliphatic heterocycles. The zero-order valence-electron chi connectivity index (χ0n) is 8.22. The van der Waals surface area contributed by atoms with Crippen molar-refractivity contribution in [2.24, 2.45) is 17.8 Å². The van der Waals surface area contributed by atoms with Crippen molar-refractivity contribution in [1.29, 1.82) is 0 Å². The van der Waals surface area contributed by atoms with Crippen molar-refractivity contribution < 1.29 is 47.6 Å². The number of aliphatic hydroxyl groups excluding tert-OH is 1. The summed E-state index contributed by atoms with van der Waals surface area (Å²) in [5.74, 6) is 0.524. The van der Waals surface area contributed by atoms with Gasteiger partial charge in [-0.15, -0.1) is 0 Å². The Kier molecular flexibility index (Phi) is 4.06. The van der Waals surface area contributed by atoms with Gasteiger partial charge in [0.1, 0.15) is 15.6 Å². The topological polar surface area (TPSA) is 77.4 Å². The summed E-state index contributed by atoms with van der Waals surface area (Å²) in [6.07, 6.45) is 3.82. The fraction of sp³-hybridized carbons (Fsp3) is 1.00. The van der Waals surface area contributed by atoms with E-state index in [4.69, 9.17) is 0 Å². The molecule has 14 heavy (non-hydrogen) atoms. The second kappa shape index (κ2) is 4.39. The van der Waals surface area contributed by atoms with E-state index in [0.717, 1.165) is 19.3 Å². The van der Waals surface area contributed by atoms with Crippen LogP contribution in [0.15, 0.2) is 0 Å². The van der Waals surface area contributed by atoms with Gasteiger partial charge >= 0.3 is 29.6 Å². The van der Waals surface area contributed by atoms with Gasteiger partial charge in [0.15, 0.2) is 0 Å². The average Bonchev–Trinajstić information content (AvgIpc) is 2.60. The Hall–Kier alpha value is 0.870. The first-order valence-electron chi connectivity index (χ1n) is 4.61. The van der Waals surface area contributed by atoms with Crippen molar-refractivity contribution in [1.82, 2.24) is 0 Å². The Morgan fingerprint density at radius 3 is 2.29 bits per heavy atom. The van der Waals surface area contributed by atoms with Crippen LogP contribution in [0.1, 0.15) is 25.7 Å². The molecule has 76 valence electrons. The molecule has 0 amide bonds. The third-order valence-corrected chi connectivity index (χ3v) is 4.40. The van der Waals surface area contributed by atoms with Gasteiger partial charge in [0.25, 0.3) is 0 Å². The molecular weight excluding hydrogens is 215 g/mol. The Morgan fingerprint density at radius 2 is 1.93 bits per heavy atom. The minimum atomic E-state index is -4.50. The molecule has 2 rings (SSSR count). The van der Waals surface area contributed by atoms with Crippen molar-refractivity contribution in [3.05, 3.63) is 0 Å². The monoisotopic (exact) mass is 228 g/mol. The molecule has 0 aromatic rings. The smallest absolute Gasteiger partial charge is 0.746 e. The summed E-state index contributed by atoms with van der Waals surface area (Å²) in [5.41, 5.74) is -1.66. The molecule has 4 atom stereocenters. The maximum atomic E-state index is 10.6. The first kappa shape index (κ1) is 12.9. The van der Waals surface area contributed by atoms with Crippen molar-refractivity contribution >= 4 is 10.1 Å². The molecule has 0 aromatic carbocycles. The molecule has 2 aliphatic rings. The Balaban J connectivity index is 0.000000980. The van der Waals surface area contributed by atoms with Gasteiger partial charge in [0.05, 0.1) is 0 Å². The van der Waals surface area contributed by atoms with E-state index in [2.05, 4.69) is 0 Å². The standard InChI is InChI=1S/C8H14O4S.Na/c9-8(13(10,11)12)7-4-5-1-2-6(7)3-5;/h5-9H,1-4H2,(H,10,11,12);/q;+1/p-1. The van der Waals surface area contributed by atoms with E-state index in [9.17, 15) is 18.1 Å². The van der Waals surface area contributed by atoms with Crippen LogP contribution < -0.4 is 29.6 Å². The molecular formula is C8H13NaO4S. The predicted octanol–water partition coefficient (Wildman–Crippen LogP) is -2.71. The second-order valence-corrected chi connectivity index (χ2v) is 5.69. The Bertz CT molecular complexity index is 302. The molecule has 2 fully saturated rings. The SMILES string of the molecule is O=S(=O)([O-])C(O)C1CC2CCC1C2.[Na+]. The first-order chi connectivity index (χ1) is 5.98. The summed E-state index contributed by atoms with van der Waals surface area (Å²) in [6, 6.07) is 0. The fourth-order valence-corrected chi connectivity index (χ4v) is 3.62. The number of aliphatic hydroxyl groups is 1. The van der Waals surface area contributed by atoms with Gasteiger partial charge in [-0.25, -0.2) is 8.42 Å². The number of hydrogen-bond acceptors (Lipinski definition) is 4. The molecule has 0 radical (unpaired) electrons. The van der Waals surface area contributed by atoms with Gasteiger partial charge in [-0.2, -0.15) is 0 Å². The van der Waals surface area contributed by atoms with Gasteiger partial charge in [-0.3, -0.25) is 0 Å². The van der Waals surface area contributed by atoms with Crippen LogP contribution in [0.5, 0.6) is 0 Å². The molecule has 1 N–H and O–H groups in total. The summed E-state index contributed by atoms with van der Waals surface area (Å²) in [4.78, 5) is 0. The zero-order chi connectivity index (χ0) is 9.64. The van der Waals surface area contributed by atoms with Crippen molar-refractivity contribution in [2.75, 3.05) is 0 Å². The molecule has 0 aromatic heterocycles. The summed E-state index contributed by atoms with van der Waals surface area (Å²) >= 11 is 0. The van der Waals surface area contributed by atoms with E-state index in [1.165, 1.54) is 0 Å². The molecule has 4 nitrogen and oxygen atoms in total. The molecule has 0 saturated heterocycles. The van der Waals surface area contributed by atoms with Crippen LogP contribution in [0.4, 0.5) is 0 Å². The molecule has 2 bridgehead atoms. The van der Waals surface area contributed by atoms with Crippen LogP contribution in [-0.2, 0) is 10.1 Å². The maximum Gasteiger partial charge on any atom is 1.00 e. The molecule has 0 spiro atoms. The van der Waals surface area contributed by atoms with Gasteiger partial charge < -0.3 is 9.66 Å². The summed E-state index contributed by atoms with van der Waals surface area (Å²) in [6.45, 7) is 0. The van der Waals surface area contributed by atoms with E-state index >= 15 is 0 Å². The van der Waals surface area contributed by atoms with Crippen LogP contribution in [0.25, 0.3) is 0 Å². The van der Waals surface area contributed by atoms with E-state index in [1.54, 1.807) is 0 Å². The second-order valence-electron chi connectivity index (χ2n) is 4.22. The van der Waals surface area contributed by atoms with E-state index in [1.807, 2.05) is 0 Å². The van der Waals surface area contributed by atoms with Crippen molar-refractivity contribution in [3.63, 3.8) is 0 Å². The van der Waals surface area contributed by atoms with Crippen LogP contribution >= 0.6 is 0 Å². The fourth-order valence-electron chi connectivity index (χ4n) is 2.86. The molecule has 2 saturated carbocycles. The minimum Gasteiger partial charge on any atom is -0.746 e. The Labute approximate surface area is 106 Å². The number of hydrogen-bond donors (Lipinski definition) is 1. The summed E-state index contributed by atoms with van der Waals surface area (Å²) in [7, 11) is -4.50. The zero-order valence-corrected chi connectivity index (χ0v) is 11.0. The van der Waals surface area contributed by atoms with Gasteiger partial charge in [-0.05, 0) is 31.1 Å². The third-order valence-electron chi connectivity index (χ3n) is 3.45. The van der Waals surface area contributed by atoms with Crippen LogP contribution in [0.2, 0.25) is 0 Å². The average molecular weight is 228 g/mol. The molecule has 0 heterocycles. The number of fused-ring (bicyclic) bond motifs is 2. The van der Waals surface area contributed by atoms with Gasteiger partial charge in [0.2, 0.25) is 0 Å². The van der Waals surface area contributed by atoms with E-state index in [-0.39, 0.29) is 41.4 Å². The van der Waals surface area contributed by atoms with Crippen molar-refractivity contribution in [2.45, 2.75) is 31.1 Å². The molecule has 6 heteroatoms. The van der Waals surface area contributed by atoms with Crippen LogP contribution in [0.3, 0.4) is 0 Å². The third kappa shape index (κ3) is 2.33. The maximum absolute atomic E-state index is 10.6. The quantitative estimate of drug-likeness (QED) is 0.412. The van der Waals surface area contributed by atoms with Crippen LogP contribution in [-0.4, -0.2) is 23.5 Å². The molecule has 4 unspecified atom stereocenters. The van der Waals surface area contributed by atoms with E-state index < -0.39 is 15.6 Å². The minimum absolute atomic E-state index is 0. The largest absolute Gasteiger partial charge is 1.00 e. The van der Waals surface area contributed by atoms with E-state index in [0.29, 0.717) is 12.3 Å². The summed E-state index contributed by atoms with van der Waals surface area (Å²) in [5, 5.41) is 9.31. The van der Waals surface area contributed by atoms with Gasteiger partial charge in [0, 0.05) is 5.92 Å². The van der Waals surface area contributed by atoms with Gasteiger partial charge in [-0.1, -0.05) is 6.42 Å². The number of rotatable bonds is 2. The van der Waals surface area contributed by atoms with Crippen LogP contribution in [0, 0.1) is 17.8 Å².